The number of carbonyl (C=O) groups is 1. The number of ketones is 1. The summed E-state index contributed by atoms with van der Waals surface area (Å²) in [6.45, 7) is 4.21. The van der Waals surface area contributed by atoms with Gasteiger partial charge in [0.05, 0.1) is 11.4 Å². The zero-order valence-corrected chi connectivity index (χ0v) is 17.6. The summed E-state index contributed by atoms with van der Waals surface area (Å²) >= 11 is 2.84. The van der Waals surface area contributed by atoms with E-state index in [2.05, 4.69) is 4.99 Å². The van der Waals surface area contributed by atoms with Gasteiger partial charge in [0, 0.05) is 19.3 Å². The van der Waals surface area contributed by atoms with Gasteiger partial charge in [0.2, 0.25) is 0 Å². The molecule has 1 aromatic heterocycles. The van der Waals surface area contributed by atoms with Gasteiger partial charge in [-0.2, -0.15) is 0 Å². The minimum Gasteiger partial charge on any atom is -0.384 e. The van der Waals surface area contributed by atoms with Crippen LogP contribution in [0, 0.1) is 5.92 Å². The number of rotatable bonds is 5. The highest BCUT2D eigenvalue weighted by molar-refractivity contribution is 8.38. The standard InChI is InChI=1S/C19H22N4O3S2/c1-11(2)8-23-16(20)15(17(25)22(3)19(23)26)14(24)10-28-18-21-13-7-5-4-6-12(13)9-27-18/h4-7,11H,8-10,20H2,1-3H3. The van der Waals surface area contributed by atoms with Crippen molar-refractivity contribution in [3.8, 4) is 0 Å². The third-order valence-electron chi connectivity index (χ3n) is 4.29. The first-order valence-electron chi connectivity index (χ1n) is 8.84. The number of aliphatic imine (C=N–C) groups is 1. The summed E-state index contributed by atoms with van der Waals surface area (Å²) < 4.78 is 3.02. The Morgan fingerprint density at radius 1 is 1.32 bits per heavy atom. The number of hydrogen-bond donors (Lipinski definition) is 1. The van der Waals surface area contributed by atoms with Gasteiger partial charge in [-0.15, -0.1) is 0 Å². The number of carbonyl (C=O) groups excluding carboxylic acids is 1. The minimum absolute atomic E-state index is 0.0350. The number of nitrogens with zero attached hydrogens (tertiary/aromatic N) is 3. The number of hydrogen-bond acceptors (Lipinski definition) is 7. The number of para-hydroxylation sites is 1. The molecule has 0 saturated heterocycles. The van der Waals surface area contributed by atoms with Crippen molar-refractivity contribution < 1.29 is 4.79 Å². The van der Waals surface area contributed by atoms with E-state index in [1.54, 1.807) is 11.8 Å². The lowest BCUT2D eigenvalue weighted by molar-refractivity contribution is 0.102. The minimum atomic E-state index is -0.656. The van der Waals surface area contributed by atoms with Crippen molar-refractivity contribution >= 4 is 45.2 Å². The molecule has 0 atom stereocenters. The molecule has 0 amide bonds. The molecule has 9 heteroatoms. The number of nitrogens with two attached hydrogens (primary N) is 1. The van der Waals surface area contributed by atoms with Gasteiger partial charge in [-0.3, -0.25) is 18.7 Å². The fourth-order valence-electron chi connectivity index (χ4n) is 2.87. The number of benzene rings is 1. The highest BCUT2D eigenvalue weighted by Crippen LogP contribution is 2.34. The first-order valence-corrected chi connectivity index (χ1v) is 10.8. The van der Waals surface area contributed by atoms with Crippen LogP contribution in [-0.4, -0.2) is 25.0 Å². The van der Waals surface area contributed by atoms with Crippen LogP contribution in [0.3, 0.4) is 0 Å². The van der Waals surface area contributed by atoms with Gasteiger partial charge in [0.15, 0.2) is 5.78 Å². The Bertz CT molecular complexity index is 1070. The number of aromatic nitrogens is 2. The first-order chi connectivity index (χ1) is 13.3. The highest BCUT2D eigenvalue weighted by atomic mass is 32.2. The lowest BCUT2D eigenvalue weighted by atomic mass is 10.2. The molecule has 7 nitrogen and oxygen atoms in total. The van der Waals surface area contributed by atoms with E-state index in [1.165, 1.54) is 23.4 Å². The van der Waals surface area contributed by atoms with Gasteiger partial charge in [0.25, 0.3) is 5.56 Å². The van der Waals surface area contributed by atoms with E-state index < -0.39 is 17.0 Å². The van der Waals surface area contributed by atoms with Crippen molar-refractivity contribution in [3.05, 3.63) is 56.2 Å². The van der Waals surface area contributed by atoms with E-state index in [0.29, 0.717) is 6.54 Å². The molecule has 3 rings (SSSR count). The summed E-state index contributed by atoms with van der Waals surface area (Å²) in [6.07, 6.45) is 0. The maximum Gasteiger partial charge on any atom is 0.332 e. The average molecular weight is 419 g/mol. The van der Waals surface area contributed by atoms with Gasteiger partial charge in [0.1, 0.15) is 15.8 Å². The molecular weight excluding hydrogens is 396 g/mol. The molecule has 0 unspecified atom stereocenters. The van der Waals surface area contributed by atoms with Gasteiger partial charge in [-0.05, 0) is 17.5 Å². The van der Waals surface area contributed by atoms with E-state index in [1.807, 2.05) is 38.1 Å². The first kappa shape index (κ1) is 20.5. The molecule has 0 bridgehead atoms. The lowest BCUT2D eigenvalue weighted by Gasteiger charge is -2.16. The van der Waals surface area contributed by atoms with Crippen LogP contribution in [0.5, 0.6) is 0 Å². The van der Waals surface area contributed by atoms with Crippen molar-refractivity contribution in [1.29, 1.82) is 0 Å². The summed E-state index contributed by atoms with van der Waals surface area (Å²) in [7, 11) is 1.36. The molecule has 148 valence electrons. The van der Waals surface area contributed by atoms with Crippen LogP contribution in [0.2, 0.25) is 0 Å². The summed E-state index contributed by atoms with van der Waals surface area (Å²) in [5, 5.41) is 0. The maximum absolute atomic E-state index is 12.8. The summed E-state index contributed by atoms with van der Waals surface area (Å²) in [6, 6.07) is 7.86. The Labute approximate surface area is 171 Å². The third kappa shape index (κ3) is 4.10. The number of anilines is 1. The molecule has 2 aromatic rings. The highest BCUT2D eigenvalue weighted by Gasteiger charge is 2.23. The number of Topliss-reactive ketones (excluding diaryl/α,β-unsaturated/α-hetero) is 1. The van der Waals surface area contributed by atoms with Crippen molar-refractivity contribution in [3.63, 3.8) is 0 Å². The molecule has 1 aliphatic rings. The summed E-state index contributed by atoms with van der Waals surface area (Å²) in [5.74, 6) is 0.508. The number of thioether (sulfide) groups is 2. The van der Waals surface area contributed by atoms with Crippen molar-refractivity contribution in [2.45, 2.75) is 26.1 Å². The van der Waals surface area contributed by atoms with Crippen molar-refractivity contribution in [2.24, 2.45) is 18.0 Å². The van der Waals surface area contributed by atoms with Crippen LogP contribution in [0.4, 0.5) is 11.5 Å². The van der Waals surface area contributed by atoms with Crippen LogP contribution >= 0.6 is 23.5 Å². The van der Waals surface area contributed by atoms with Gasteiger partial charge >= 0.3 is 5.69 Å². The van der Waals surface area contributed by atoms with Crippen molar-refractivity contribution in [1.82, 2.24) is 9.13 Å². The summed E-state index contributed by atoms with van der Waals surface area (Å²) in [4.78, 5) is 42.2. The normalized spacial score (nSPS) is 13.4. The Kier molecular flexibility index (Phi) is 6.14. The largest absolute Gasteiger partial charge is 0.384 e. The Morgan fingerprint density at radius 3 is 2.75 bits per heavy atom. The molecule has 0 fully saturated rings. The van der Waals surface area contributed by atoms with Crippen LogP contribution in [0.25, 0.3) is 0 Å². The Balaban J connectivity index is 1.85. The lowest BCUT2D eigenvalue weighted by Crippen LogP contribution is -2.43. The van der Waals surface area contributed by atoms with Crippen molar-refractivity contribution in [2.75, 3.05) is 11.5 Å². The van der Waals surface area contributed by atoms with Crippen LogP contribution < -0.4 is 17.0 Å². The Morgan fingerprint density at radius 2 is 2.04 bits per heavy atom. The van der Waals surface area contributed by atoms with E-state index in [-0.39, 0.29) is 23.1 Å². The van der Waals surface area contributed by atoms with Crippen LogP contribution in [0.15, 0.2) is 38.8 Å². The van der Waals surface area contributed by atoms with Gasteiger partial charge in [-0.1, -0.05) is 55.6 Å². The number of nitrogen functional groups attached to an aromatic ring is 1. The average Bonchev–Trinajstić information content (AvgIpc) is 2.68. The molecule has 0 saturated carbocycles. The third-order valence-corrected chi connectivity index (χ3v) is 6.54. The molecule has 0 radical (unpaired) electrons. The van der Waals surface area contributed by atoms with E-state index in [4.69, 9.17) is 5.73 Å². The van der Waals surface area contributed by atoms with E-state index >= 15 is 0 Å². The fraction of sp³-hybridized carbons (Fsp3) is 0.368. The molecule has 1 aliphatic heterocycles. The molecule has 0 aliphatic carbocycles. The quantitative estimate of drug-likeness (QED) is 0.750. The number of fused-ring (bicyclic) bond motifs is 1. The predicted molar refractivity (Wildman–Crippen MR) is 117 cm³/mol. The second kappa shape index (κ2) is 8.40. The zero-order valence-electron chi connectivity index (χ0n) is 16.0. The SMILES string of the molecule is CC(C)Cn1c(N)c(C(=O)CSC2=Nc3ccccc3CS2)c(=O)n(C)c1=O. The molecular formula is C19H22N4O3S2. The zero-order chi connectivity index (χ0) is 20.4. The van der Waals surface area contributed by atoms with E-state index in [9.17, 15) is 14.4 Å². The maximum atomic E-state index is 12.8. The van der Waals surface area contributed by atoms with E-state index in [0.717, 1.165) is 25.9 Å². The topological polar surface area (TPSA) is 99.4 Å². The Hall–Kier alpha value is -2.26. The molecule has 28 heavy (non-hydrogen) atoms. The molecule has 2 heterocycles. The van der Waals surface area contributed by atoms with Crippen LogP contribution in [0.1, 0.15) is 29.8 Å². The predicted octanol–water partition coefficient (Wildman–Crippen LogP) is 2.64. The second-order valence-corrected chi connectivity index (χ2v) is 9.10. The molecule has 0 spiro atoms. The summed E-state index contributed by atoms with van der Waals surface area (Å²) in [5.41, 5.74) is 6.82. The second-order valence-electron chi connectivity index (χ2n) is 6.92. The molecule has 1 aromatic carbocycles. The fourth-order valence-corrected chi connectivity index (χ4v) is 4.81. The monoisotopic (exact) mass is 418 g/mol. The smallest absolute Gasteiger partial charge is 0.332 e. The molecule has 2 N–H and O–H groups in total. The van der Waals surface area contributed by atoms with Crippen LogP contribution in [-0.2, 0) is 19.3 Å². The van der Waals surface area contributed by atoms with Gasteiger partial charge in [-0.25, -0.2) is 9.79 Å². The van der Waals surface area contributed by atoms with Gasteiger partial charge < -0.3 is 5.73 Å².